The number of hydrogen-bond acceptors (Lipinski definition) is 0. The van der Waals surface area contributed by atoms with E-state index in [2.05, 4.69) is 134 Å². The number of aryl methyl sites for hydroxylation is 1. The maximum atomic E-state index is 14.9. The van der Waals surface area contributed by atoms with Gasteiger partial charge < -0.3 is 0 Å². The van der Waals surface area contributed by atoms with Crippen LogP contribution in [0.1, 0.15) is 5.56 Å². The number of fused-ring (bicyclic) bond motifs is 15. The molecule has 2 aliphatic carbocycles. The Hall–Kier alpha value is -7.68. The molecule has 282 valence electrons. The molecule has 0 amide bonds. The van der Waals surface area contributed by atoms with Gasteiger partial charge in [-0.1, -0.05) is 127 Å². The summed E-state index contributed by atoms with van der Waals surface area (Å²) < 4.78 is 29.6. The van der Waals surface area contributed by atoms with Crippen molar-refractivity contribution in [3.05, 3.63) is 193 Å². The van der Waals surface area contributed by atoms with Crippen molar-refractivity contribution in [2.24, 2.45) is 0 Å². The number of halogens is 2. The minimum Gasteiger partial charge on any atom is -0.207 e. The van der Waals surface area contributed by atoms with Crippen molar-refractivity contribution < 1.29 is 8.78 Å². The zero-order valence-electron chi connectivity index (χ0n) is 33.0. The Balaban J connectivity index is 1.16. The first kappa shape index (κ1) is 33.2. The van der Waals surface area contributed by atoms with Gasteiger partial charge in [-0.3, -0.25) is 0 Å². The smallest absolute Gasteiger partial charge is 0.123 e. The highest BCUT2D eigenvalue weighted by molar-refractivity contribution is 6.35. The Morgan fingerprint density at radius 2 is 0.803 bits per heavy atom. The van der Waals surface area contributed by atoms with Crippen LogP contribution in [-0.2, 0) is 0 Å². The van der Waals surface area contributed by atoms with Crippen LogP contribution in [0.2, 0.25) is 0 Å². The van der Waals surface area contributed by atoms with E-state index < -0.39 is 0 Å². The topological polar surface area (TPSA) is 0 Å². The zero-order valence-corrected chi connectivity index (χ0v) is 33.0. The zero-order chi connectivity index (χ0) is 40.2. The van der Waals surface area contributed by atoms with Crippen molar-refractivity contribution in [1.29, 1.82) is 0 Å². The first-order valence-electron chi connectivity index (χ1n) is 21.0. The van der Waals surface area contributed by atoms with E-state index in [9.17, 15) is 8.78 Å². The molecule has 0 fully saturated rings. The van der Waals surface area contributed by atoms with Crippen LogP contribution in [0, 0.1) is 18.6 Å². The molecule has 0 aromatic heterocycles. The first-order valence-corrected chi connectivity index (χ1v) is 21.0. The van der Waals surface area contributed by atoms with Gasteiger partial charge in [0.1, 0.15) is 11.6 Å². The fourth-order valence-corrected chi connectivity index (χ4v) is 11.4. The van der Waals surface area contributed by atoms with E-state index >= 15 is 0 Å². The molecule has 2 aliphatic rings. The van der Waals surface area contributed by atoms with E-state index in [1.807, 2.05) is 24.3 Å². The lowest BCUT2D eigenvalue weighted by molar-refractivity contribution is 0.627. The van der Waals surface area contributed by atoms with E-state index in [-0.39, 0.29) is 11.6 Å². The molecule has 0 bridgehead atoms. The number of hydrogen-bond donors (Lipinski definition) is 0. The molecule has 0 heterocycles. The average Bonchev–Trinajstić information content (AvgIpc) is 3.77. The van der Waals surface area contributed by atoms with Crippen LogP contribution in [-0.4, -0.2) is 0 Å². The molecule has 0 saturated carbocycles. The lowest BCUT2D eigenvalue weighted by Gasteiger charge is -2.22. The SMILES string of the molecule is Cc1cc2c3c(cc4ccccc4c3c1)-c1cc3ccc4c(ccc5c(-c6ccc(F)cc6)c6c(c(-c7ccc(F)cc7)c54)-c4cc5ccccc5c5cccc-6c45)c3cc1-2. The van der Waals surface area contributed by atoms with E-state index in [0.29, 0.717) is 0 Å². The van der Waals surface area contributed by atoms with Crippen molar-refractivity contribution in [2.45, 2.75) is 6.92 Å². The Kier molecular flexibility index (Phi) is 6.39. The third-order valence-corrected chi connectivity index (χ3v) is 13.8. The quantitative estimate of drug-likeness (QED) is 0.153. The summed E-state index contributed by atoms with van der Waals surface area (Å²) in [7, 11) is 0. The fraction of sp³-hybridized carbons (Fsp3) is 0.0169. The van der Waals surface area contributed by atoms with E-state index in [1.165, 1.54) is 81.7 Å². The van der Waals surface area contributed by atoms with Crippen molar-refractivity contribution >= 4 is 75.4 Å². The minimum absolute atomic E-state index is 0.269. The van der Waals surface area contributed by atoms with Crippen LogP contribution in [0.25, 0.3) is 142 Å². The Bertz CT molecular complexity index is 3990. The molecule has 0 saturated heterocycles. The maximum absolute atomic E-state index is 14.9. The van der Waals surface area contributed by atoms with Crippen molar-refractivity contribution in [3.63, 3.8) is 0 Å². The predicted molar refractivity (Wildman–Crippen MR) is 253 cm³/mol. The van der Waals surface area contributed by atoms with Gasteiger partial charge in [-0.05, 0) is 203 Å². The largest absolute Gasteiger partial charge is 0.207 e. The van der Waals surface area contributed by atoms with E-state index in [4.69, 9.17) is 0 Å². The third-order valence-electron chi connectivity index (χ3n) is 13.8. The monoisotopic (exact) mass is 778 g/mol. The van der Waals surface area contributed by atoms with Gasteiger partial charge in [0.05, 0.1) is 0 Å². The molecule has 0 spiro atoms. The Morgan fingerprint density at radius 1 is 0.279 bits per heavy atom. The van der Waals surface area contributed by atoms with Crippen LogP contribution in [0.4, 0.5) is 8.78 Å². The average molecular weight is 779 g/mol. The Morgan fingerprint density at radius 3 is 1.56 bits per heavy atom. The molecule has 0 nitrogen and oxygen atoms in total. The molecule has 0 unspecified atom stereocenters. The van der Waals surface area contributed by atoms with Gasteiger partial charge >= 0.3 is 0 Å². The van der Waals surface area contributed by atoms with E-state index in [1.54, 1.807) is 24.3 Å². The molecule has 12 aromatic carbocycles. The lowest BCUT2D eigenvalue weighted by atomic mass is 9.80. The molecule has 61 heavy (non-hydrogen) atoms. The molecule has 0 radical (unpaired) electrons. The van der Waals surface area contributed by atoms with Gasteiger partial charge in [-0.2, -0.15) is 0 Å². The van der Waals surface area contributed by atoms with Gasteiger partial charge in [0.25, 0.3) is 0 Å². The van der Waals surface area contributed by atoms with Crippen molar-refractivity contribution in [1.82, 2.24) is 0 Å². The number of benzene rings is 12. The second-order valence-corrected chi connectivity index (χ2v) is 17.0. The third kappa shape index (κ3) is 4.36. The summed E-state index contributed by atoms with van der Waals surface area (Å²) in [6, 6.07) is 61.3. The van der Waals surface area contributed by atoms with Gasteiger partial charge in [-0.25, -0.2) is 8.78 Å². The first-order chi connectivity index (χ1) is 30.0. The molecular weight excluding hydrogens is 747 g/mol. The van der Waals surface area contributed by atoms with E-state index in [0.717, 1.165) is 66.1 Å². The molecule has 0 aliphatic heterocycles. The van der Waals surface area contributed by atoms with Crippen LogP contribution in [0.3, 0.4) is 0 Å². The van der Waals surface area contributed by atoms with Gasteiger partial charge in [0.2, 0.25) is 0 Å². The van der Waals surface area contributed by atoms with Crippen LogP contribution in [0.15, 0.2) is 176 Å². The summed E-state index contributed by atoms with van der Waals surface area (Å²) in [6.45, 7) is 2.20. The van der Waals surface area contributed by atoms with Crippen molar-refractivity contribution in [2.75, 3.05) is 0 Å². The second kappa shape index (κ2) is 11.7. The standard InChI is InChI=1S/C59H32F2/c1-31-25-49-40-10-5-3-7-34(40)28-51-47-27-36-17-22-43-41(46(36)30-48(47)50(26-31)56(49)51)23-24-45-53(32-13-18-37(60)19-14-32)58-44-12-6-11-42-39-9-4-2-8-35(39)29-52(55(42)44)59(58)54(57(43)45)33-15-20-38(61)21-16-33/h2-30H,1H3. The Labute approximate surface area is 349 Å². The van der Waals surface area contributed by atoms with Crippen molar-refractivity contribution in [3.8, 4) is 66.8 Å². The van der Waals surface area contributed by atoms with Gasteiger partial charge in [0, 0.05) is 0 Å². The van der Waals surface area contributed by atoms with Gasteiger partial charge in [-0.15, -0.1) is 0 Å². The van der Waals surface area contributed by atoms with Crippen LogP contribution < -0.4 is 0 Å². The summed E-state index contributed by atoms with van der Waals surface area (Å²) in [4.78, 5) is 0. The molecule has 12 aromatic rings. The normalized spacial score (nSPS) is 12.5. The summed E-state index contributed by atoms with van der Waals surface area (Å²) in [5, 5.41) is 16.8. The summed E-state index contributed by atoms with van der Waals surface area (Å²) in [6.07, 6.45) is 0. The highest BCUT2D eigenvalue weighted by Gasteiger charge is 2.32. The molecule has 0 atom stereocenters. The highest BCUT2D eigenvalue weighted by atomic mass is 19.1. The lowest BCUT2D eigenvalue weighted by Crippen LogP contribution is -1.95. The number of rotatable bonds is 2. The van der Waals surface area contributed by atoms with Crippen LogP contribution >= 0.6 is 0 Å². The van der Waals surface area contributed by atoms with Crippen LogP contribution in [0.5, 0.6) is 0 Å². The summed E-state index contributed by atoms with van der Waals surface area (Å²) in [5.74, 6) is -0.539. The molecular formula is C59H32F2. The summed E-state index contributed by atoms with van der Waals surface area (Å²) >= 11 is 0. The molecule has 14 rings (SSSR count). The fourth-order valence-electron chi connectivity index (χ4n) is 11.4. The molecule has 0 N–H and O–H groups in total. The predicted octanol–water partition coefficient (Wildman–Crippen LogP) is 17.0. The second-order valence-electron chi connectivity index (χ2n) is 17.0. The highest BCUT2D eigenvalue weighted by Crippen LogP contribution is 2.60. The maximum Gasteiger partial charge on any atom is 0.123 e. The van der Waals surface area contributed by atoms with Gasteiger partial charge in [0.15, 0.2) is 0 Å². The molecule has 2 heteroatoms. The summed E-state index contributed by atoms with van der Waals surface area (Å²) in [5.41, 5.74) is 15.0. The minimum atomic E-state index is -0.270.